The van der Waals surface area contributed by atoms with Crippen LogP contribution in [0, 0.1) is 11.3 Å². The summed E-state index contributed by atoms with van der Waals surface area (Å²) in [6.07, 6.45) is 3.44. The smallest absolute Gasteiger partial charge is 0.155 e. The topological polar surface area (TPSA) is 78.8 Å². The number of nitriles is 1. The van der Waals surface area contributed by atoms with Crippen LogP contribution in [0.5, 0.6) is 0 Å². The van der Waals surface area contributed by atoms with Gasteiger partial charge in [-0.15, -0.1) is 0 Å². The molecule has 68 valence electrons. The van der Waals surface area contributed by atoms with E-state index in [9.17, 15) is 0 Å². The molecule has 13 heavy (non-hydrogen) atoms. The molecule has 1 aromatic rings. The van der Waals surface area contributed by atoms with Gasteiger partial charge in [-0.3, -0.25) is 0 Å². The molecule has 0 atom stereocenters. The third-order valence-corrected chi connectivity index (χ3v) is 1.64. The minimum Gasteiger partial charge on any atom is -0.394 e. The first kappa shape index (κ1) is 9.26. The minimum atomic E-state index is 0.458. The Bertz CT molecular complexity index is 317. The van der Waals surface area contributed by atoms with Crippen LogP contribution in [0.4, 0.5) is 11.5 Å². The second kappa shape index (κ2) is 4.26. The molecule has 5 heteroatoms. The molecule has 2 N–H and O–H groups in total. The Labute approximate surface area is 76.8 Å². The van der Waals surface area contributed by atoms with Crippen LogP contribution < -0.4 is 10.6 Å². The second-order valence-corrected chi connectivity index (χ2v) is 2.63. The van der Waals surface area contributed by atoms with Crippen LogP contribution in [0.3, 0.4) is 0 Å². The molecule has 5 nitrogen and oxygen atoms in total. The van der Waals surface area contributed by atoms with Gasteiger partial charge in [0, 0.05) is 13.6 Å². The summed E-state index contributed by atoms with van der Waals surface area (Å²) in [5.41, 5.74) is 6.17. The second-order valence-electron chi connectivity index (χ2n) is 2.63. The number of rotatable bonds is 3. The Morgan fingerprint density at radius 3 is 3.08 bits per heavy atom. The van der Waals surface area contributed by atoms with Gasteiger partial charge in [0.15, 0.2) is 5.82 Å². The maximum Gasteiger partial charge on any atom is 0.155 e. The fourth-order valence-corrected chi connectivity index (χ4v) is 0.976. The minimum absolute atomic E-state index is 0.458. The average Bonchev–Trinajstić information content (AvgIpc) is 2.15. The van der Waals surface area contributed by atoms with Crippen LogP contribution in [0.2, 0.25) is 0 Å². The normalized spacial score (nSPS) is 9.23. The number of nitrogen functional groups attached to an aromatic ring is 1. The van der Waals surface area contributed by atoms with E-state index in [0.29, 0.717) is 24.5 Å². The highest BCUT2D eigenvalue weighted by Gasteiger charge is 2.04. The van der Waals surface area contributed by atoms with E-state index in [4.69, 9.17) is 11.0 Å². The van der Waals surface area contributed by atoms with Gasteiger partial charge in [0.1, 0.15) is 6.33 Å². The zero-order valence-corrected chi connectivity index (χ0v) is 7.44. The molecule has 0 spiro atoms. The molecule has 0 fully saturated rings. The highest BCUT2D eigenvalue weighted by molar-refractivity contribution is 5.60. The first-order valence-corrected chi connectivity index (χ1v) is 3.89. The molecule has 0 aliphatic rings. The van der Waals surface area contributed by atoms with Crippen molar-refractivity contribution in [1.29, 1.82) is 5.26 Å². The van der Waals surface area contributed by atoms with Gasteiger partial charge in [-0.2, -0.15) is 5.26 Å². The zero-order chi connectivity index (χ0) is 9.68. The standard InChI is InChI=1S/C8H11N5/c1-13(4-2-3-9)8-7(10)5-11-6-12-8/h5-6H,2,4,10H2,1H3. The number of nitrogens with two attached hydrogens (primary N) is 1. The van der Waals surface area contributed by atoms with Crippen LogP contribution in [0.1, 0.15) is 6.42 Å². The molecule has 0 radical (unpaired) electrons. The van der Waals surface area contributed by atoms with Gasteiger partial charge >= 0.3 is 0 Å². The van der Waals surface area contributed by atoms with E-state index >= 15 is 0 Å². The molecule has 1 rings (SSSR count). The molecule has 0 unspecified atom stereocenters. The highest BCUT2D eigenvalue weighted by Crippen LogP contribution is 2.15. The number of aromatic nitrogens is 2. The Kier molecular flexibility index (Phi) is 3.03. The quantitative estimate of drug-likeness (QED) is 0.723. The lowest BCUT2D eigenvalue weighted by atomic mass is 10.4. The number of anilines is 2. The Balaban J connectivity index is 2.72. The summed E-state index contributed by atoms with van der Waals surface area (Å²) in [7, 11) is 1.84. The summed E-state index contributed by atoms with van der Waals surface area (Å²) in [6.45, 7) is 0.623. The molecule has 1 heterocycles. The van der Waals surface area contributed by atoms with Crippen molar-refractivity contribution in [1.82, 2.24) is 9.97 Å². The molecule has 0 aliphatic carbocycles. The van der Waals surface area contributed by atoms with Crippen molar-refractivity contribution < 1.29 is 0 Å². The lowest BCUT2D eigenvalue weighted by molar-refractivity contribution is 0.881. The first-order chi connectivity index (χ1) is 6.25. The Hall–Kier alpha value is -1.83. The van der Waals surface area contributed by atoms with Crippen molar-refractivity contribution in [3.05, 3.63) is 12.5 Å². The van der Waals surface area contributed by atoms with Gasteiger partial charge < -0.3 is 10.6 Å². The summed E-state index contributed by atoms with van der Waals surface area (Å²) in [6, 6.07) is 2.06. The predicted molar refractivity (Wildman–Crippen MR) is 49.9 cm³/mol. The number of nitrogens with zero attached hydrogens (tertiary/aromatic N) is 4. The predicted octanol–water partition coefficient (Wildman–Crippen LogP) is 0.409. The van der Waals surface area contributed by atoms with E-state index in [1.165, 1.54) is 6.33 Å². The molecule has 0 amide bonds. The molecular formula is C8H11N5. The largest absolute Gasteiger partial charge is 0.394 e. The maximum atomic E-state index is 8.39. The van der Waals surface area contributed by atoms with Gasteiger partial charge in [-0.25, -0.2) is 9.97 Å². The van der Waals surface area contributed by atoms with Crippen LogP contribution in [-0.2, 0) is 0 Å². The van der Waals surface area contributed by atoms with Crippen LogP contribution in [0.25, 0.3) is 0 Å². The maximum absolute atomic E-state index is 8.39. The van der Waals surface area contributed by atoms with Crippen molar-refractivity contribution in [2.45, 2.75) is 6.42 Å². The summed E-state index contributed by atoms with van der Waals surface area (Å²) in [5.74, 6) is 0.672. The van der Waals surface area contributed by atoms with Crippen LogP contribution in [-0.4, -0.2) is 23.6 Å². The fourth-order valence-electron chi connectivity index (χ4n) is 0.976. The highest BCUT2D eigenvalue weighted by atomic mass is 15.2. The lowest BCUT2D eigenvalue weighted by Crippen LogP contribution is -2.20. The van der Waals surface area contributed by atoms with Crippen molar-refractivity contribution in [3.8, 4) is 6.07 Å². The van der Waals surface area contributed by atoms with E-state index in [-0.39, 0.29) is 0 Å². The monoisotopic (exact) mass is 177 g/mol. The van der Waals surface area contributed by atoms with Gasteiger partial charge in [0.2, 0.25) is 0 Å². The van der Waals surface area contributed by atoms with Gasteiger partial charge in [0.25, 0.3) is 0 Å². The molecule has 0 aliphatic heterocycles. The van der Waals surface area contributed by atoms with Crippen molar-refractivity contribution in [2.24, 2.45) is 0 Å². The van der Waals surface area contributed by atoms with Gasteiger partial charge in [-0.1, -0.05) is 0 Å². The first-order valence-electron chi connectivity index (χ1n) is 3.89. The lowest BCUT2D eigenvalue weighted by Gasteiger charge is -2.17. The van der Waals surface area contributed by atoms with E-state index in [2.05, 4.69) is 16.0 Å². The number of hydrogen-bond donors (Lipinski definition) is 1. The zero-order valence-electron chi connectivity index (χ0n) is 7.44. The van der Waals surface area contributed by atoms with Gasteiger partial charge in [-0.05, 0) is 0 Å². The van der Waals surface area contributed by atoms with E-state index in [1.807, 2.05) is 11.9 Å². The fraction of sp³-hybridized carbons (Fsp3) is 0.375. The van der Waals surface area contributed by atoms with Crippen molar-refractivity contribution in [3.63, 3.8) is 0 Å². The Morgan fingerprint density at radius 2 is 2.46 bits per heavy atom. The van der Waals surface area contributed by atoms with Crippen molar-refractivity contribution in [2.75, 3.05) is 24.2 Å². The molecular weight excluding hydrogens is 166 g/mol. The summed E-state index contributed by atoms with van der Waals surface area (Å²) in [5, 5.41) is 8.39. The number of hydrogen-bond acceptors (Lipinski definition) is 5. The Morgan fingerprint density at radius 1 is 1.69 bits per heavy atom. The van der Waals surface area contributed by atoms with E-state index < -0.39 is 0 Å². The molecule has 0 saturated heterocycles. The molecule has 1 aromatic heterocycles. The van der Waals surface area contributed by atoms with Crippen molar-refractivity contribution >= 4 is 11.5 Å². The molecule has 0 bridgehead atoms. The van der Waals surface area contributed by atoms with Crippen LogP contribution >= 0.6 is 0 Å². The average molecular weight is 177 g/mol. The van der Waals surface area contributed by atoms with Gasteiger partial charge in [0.05, 0.1) is 24.4 Å². The summed E-state index contributed by atoms with van der Waals surface area (Å²) >= 11 is 0. The summed E-state index contributed by atoms with van der Waals surface area (Å²) in [4.78, 5) is 9.62. The molecule has 0 aromatic carbocycles. The SMILES string of the molecule is CN(CCC#N)c1ncncc1N. The third kappa shape index (κ3) is 2.30. The van der Waals surface area contributed by atoms with E-state index in [0.717, 1.165) is 0 Å². The van der Waals surface area contributed by atoms with E-state index in [1.54, 1.807) is 6.20 Å². The van der Waals surface area contributed by atoms with Crippen LogP contribution in [0.15, 0.2) is 12.5 Å². The summed E-state index contributed by atoms with van der Waals surface area (Å²) < 4.78 is 0. The molecule has 0 saturated carbocycles. The third-order valence-electron chi connectivity index (χ3n) is 1.64.